The van der Waals surface area contributed by atoms with E-state index in [0.717, 1.165) is 19.3 Å². The van der Waals surface area contributed by atoms with Gasteiger partial charge in [-0.2, -0.15) is 0 Å². The molecule has 0 fully saturated rings. The number of rotatable bonds is 33. The van der Waals surface area contributed by atoms with E-state index in [9.17, 15) is 4.79 Å². The van der Waals surface area contributed by atoms with Crippen molar-refractivity contribution in [1.29, 1.82) is 0 Å². The minimum Gasteiger partial charge on any atom is -0.435 e. The molecule has 0 spiro atoms. The number of allylic oxidation sites excluding steroid dienone is 3. The quantitative estimate of drug-likeness (QED) is 0.0345. The van der Waals surface area contributed by atoms with Crippen LogP contribution in [0.2, 0.25) is 0 Å². The molecule has 0 saturated heterocycles. The summed E-state index contributed by atoms with van der Waals surface area (Å²) in [5, 5.41) is 0. The molecule has 0 N–H and O–H groups in total. The Bertz CT molecular complexity index is 536. The van der Waals surface area contributed by atoms with E-state index in [4.69, 9.17) is 4.74 Å². The van der Waals surface area contributed by atoms with E-state index in [2.05, 4.69) is 26.0 Å². The average Bonchev–Trinajstić information content (AvgIpc) is 2.96. The normalized spacial score (nSPS) is 11.8. The lowest BCUT2D eigenvalue weighted by molar-refractivity contribution is -0.138. The van der Waals surface area contributed by atoms with Crippen molar-refractivity contribution in [2.45, 2.75) is 213 Å². The lowest BCUT2D eigenvalue weighted by Crippen LogP contribution is -1.98. The van der Waals surface area contributed by atoms with E-state index in [1.54, 1.807) is 6.26 Å². The van der Waals surface area contributed by atoms with Gasteiger partial charge in [0.05, 0.1) is 6.26 Å². The molecular formula is C38H72O2. The van der Waals surface area contributed by atoms with Crippen molar-refractivity contribution in [1.82, 2.24) is 0 Å². The van der Waals surface area contributed by atoms with Crippen LogP contribution in [0.15, 0.2) is 24.5 Å². The average molecular weight is 561 g/mol. The summed E-state index contributed by atoms with van der Waals surface area (Å²) in [6, 6.07) is 0. The molecular weight excluding hydrogens is 488 g/mol. The highest BCUT2D eigenvalue weighted by atomic mass is 16.5. The maximum Gasteiger partial charge on any atom is 0.310 e. The summed E-state index contributed by atoms with van der Waals surface area (Å²) in [4.78, 5) is 11.9. The monoisotopic (exact) mass is 561 g/mol. The Morgan fingerprint density at radius 1 is 0.400 bits per heavy atom. The van der Waals surface area contributed by atoms with Gasteiger partial charge in [0, 0.05) is 6.42 Å². The molecule has 0 aliphatic carbocycles. The second kappa shape index (κ2) is 36.0. The molecule has 0 unspecified atom stereocenters. The van der Waals surface area contributed by atoms with Gasteiger partial charge in [0.2, 0.25) is 0 Å². The van der Waals surface area contributed by atoms with Crippen LogP contribution in [0.4, 0.5) is 0 Å². The molecule has 40 heavy (non-hydrogen) atoms. The summed E-state index contributed by atoms with van der Waals surface area (Å²) in [5.41, 5.74) is 0. The number of carbonyl (C=O) groups excluding carboxylic acids is 1. The largest absolute Gasteiger partial charge is 0.435 e. The van der Waals surface area contributed by atoms with E-state index in [-0.39, 0.29) is 5.97 Å². The Hall–Kier alpha value is -1.05. The van der Waals surface area contributed by atoms with Crippen LogP contribution in [0.5, 0.6) is 0 Å². The molecule has 2 heteroatoms. The first kappa shape index (κ1) is 39.0. The van der Waals surface area contributed by atoms with Gasteiger partial charge in [-0.1, -0.05) is 174 Å². The maximum absolute atomic E-state index is 11.9. The van der Waals surface area contributed by atoms with Gasteiger partial charge in [0.25, 0.3) is 0 Å². The highest BCUT2D eigenvalue weighted by molar-refractivity contribution is 5.69. The lowest BCUT2D eigenvalue weighted by atomic mass is 10.0. The van der Waals surface area contributed by atoms with Crippen molar-refractivity contribution in [3.05, 3.63) is 24.5 Å². The zero-order valence-corrected chi connectivity index (χ0v) is 27.5. The minimum atomic E-state index is -0.0687. The van der Waals surface area contributed by atoms with Crippen LogP contribution in [-0.4, -0.2) is 5.97 Å². The molecule has 0 aliphatic rings. The third-order valence-corrected chi connectivity index (χ3v) is 8.16. The van der Waals surface area contributed by atoms with Crippen LogP contribution in [0.25, 0.3) is 0 Å². The minimum absolute atomic E-state index is 0.0687. The maximum atomic E-state index is 11.9. The van der Waals surface area contributed by atoms with Gasteiger partial charge in [0.1, 0.15) is 0 Å². The number of hydrogen-bond acceptors (Lipinski definition) is 2. The number of hydrogen-bond donors (Lipinski definition) is 0. The van der Waals surface area contributed by atoms with Gasteiger partial charge in [-0.25, -0.2) is 0 Å². The molecule has 0 aromatic rings. The summed E-state index contributed by atoms with van der Waals surface area (Å²) in [6.07, 6.45) is 49.0. The Labute approximate surface area is 252 Å². The van der Waals surface area contributed by atoms with Crippen LogP contribution in [-0.2, 0) is 9.53 Å². The Kier molecular flexibility index (Phi) is 35.0. The first-order chi connectivity index (χ1) is 19.8. The van der Waals surface area contributed by atoms with Gasteiger partial charge in [0.15, 0.2) is 0 Å². The van der Waals surface area contributed by atoms with E-state index < -0.39 is 0 Å². The molecule has 0 aromatic carbocycles. The molecule has 0 bridgehead atoms. The Balaban J connectivity index is 3.25. The second-order valence-electron chi connectivity index (χ2n) is 12.3. The summed E-state index contributed by atoms with van der Waals surface area (Å²) in [6.45, 7) is 4.57. The van der Waals surface area contributed by atoms with Gasteiger partial charge in [-0.05, 0) is 51.0 Å². The number of carbonyl (C=O) groups is 1. The van der Waals surface area contributed by atoms with E-state index in [1.807, 2.05) is 6.08 Å². The smallest absolute Gasteiger partial charge is 0.310 e. The Morgan fingerprint density at radius 3 is 1.07 bits per heavy atom. The van der Waals surface area contributed by atoms with Gasteiger partial charge < -0.3 is 4.74 Å². The fourth-order valence-electron chi connectivity index (χ4n) is 5.40. The molecule has 0 saturated carbocycles. The van der Waals surface area contributed by atoms with Crippen molar-refractivity contribution < 1.29 is 9.53 Å². The molecule has 2 nitrogen and oxygen atoms in total. The third-order valence-electron chi connectivity index (χ3n) is 8.16. The molecule has 0 rings (SSSR count). The van der Waals surface area contributed by atoms with Gasteiger partial charge in [-0.15, -0.1) is 0 Å². The third kappa shape index (κ3) is 35.0. The van der Waals surface area contributed by atoms with Crippen molar-refractivity contribution >= 4 is 5.97 Å². The molecule has 0 heterocycles. The zero-order valence-electron chi connectivity index (χ0n) is 27.5. The number of esters is 1. The molecule has 0 radical (unpaired) electrons. The molecule has 0 atom stereocenters. The number of unbranched alkanes of at least 4 members (excludes halogenated alkanes) is 27. The molecule has 0 aliphatic heterocycles. The van der Waals surface area contributed by atoms with Crippen LogP contribution < -0.4 is 0 Å². The highest BCUT2D eigenvalue weighted by Gasteiger charge is 2.00. The van der Waals surface area contributed by atoms with E-state index in [1.165, 1.54) is 173 Å². The predicted molar refractivity (Wildman–Crippen MR) is 179 cm³/mol. The molecule has 236 valence electrons. The first-order valence-corrected chi connectivity index (χ1v) is 18.3. The first-order valence-electron chi connectivity index (χ1n) is 18.3. The zero-order chi connectivity index (χ0) is 29.0. The van der Waals surface area contributed by atoms with Crippen LogP contribution in [0, 0.1) is 0 Å². The van der Waals surface area contributed by atoms with Crippen molar-refractivity contribution in [2.75, 3.05) is 0 Å². The van der Waals surface area contributed by atoms with Crippen molar-refractivity contribution in [2.24, 2.45) is 0 Å². The van der Waals surface area contributed by atoms with Crippen molar-refractivity contribution in [3.63, 3.8) is 0 Å². The molecule has 0 amide bonds. The summed E-state index contributed by atoms with van der Waals surface area (Å²) in [5.74, 6) is -0.0687. The second-order valence-corrected chi connectivity index (χ2v) is 12.3. The van der Waals surface area contributed by atoms with E-state index in [0.29, 0.717) is 6.42 Å². The van der Waals surface area contributed by atoms with Crippen molar-refractivity contribution in [3.8, 4) is 0 Å². The van der Waals surface area contributed by atoms with Gasteiger partial charge >= 0.3 is 5.97 Å². The van der Waals surface area contributed by atoms with Crippen LogP contribution in [0.3, 0.4) is 0 Å². The molecule has 0 aromatic heterocycles. The summed E-state index contributed by atoms with van der Waals surface area (Å²) < 4.78 is 5.26. The lowest BCUT2D eigenvalue weighted by Gasteiger charge is -2.03. The standard InChI is InChI=1S/C38H72O2/c1-3-5-7-9-11-13-15-17-19-20-21-23-25-27-29-31-33-35-37-40-38(39)36-34-32-30-28-26-24-22-18-16-14-12-10-8-6-4-2/h18,22,35,37H,3-17,19-21,23-34,36H2,1-2H3/b22-18-,37-35?. The summed E-state index contributed by atoms with van der Waals surface area (Å²) >= 11 is 0. The van der Waals surface area contributed by atoms with Crippen LogP contribution in [0.1, 0.15) is 213 Å². The highest BCUT2D eigenvalue weighted by Crippen LogP contribution is 2.14. The SMILES string of the molecule is CCCCCCCC/C=C\CCCCCCCC(=O)OC=CCCCCCCCCCCCCCCCCCC. The Morgan fingerprint density at radius 2 is 0.700 bits per heavy atom. The topological polar surface area (TPSA) is 26.3 Å². The fourth-order valence-corrected chi connectivity index (χ4v) is 5.40. The summed E-state index contributed by atoms with van der Waals surface area (Å²) in [7, 11) is 0. The van der Waals surface area contributed by atoms with E-state index >= 15 is 0 Å². The number of ether oxygens (including phenoxy) is 1. The predicted octanol–water partition coefficient (Wildman–Crippen LogP) is 13.7. The van der Waals surface area contributed by atoms with Gasteiger partial charge in [-0.3, -0.25) is 4.79 Å². The fraction of sp³-hybridized carbons (Fsp3) is 0.868. The van der Waals surface area contributed by atoms with Crippen LogP contribution >= 0.6 is 0 Å².